The topological polar surface area (TPSA) is 26.3 Å². The maximum Gasteiger partial charge on any atom is 0.554 e. The molecule has 0 atom stereocenters. The molecule has 0 aromatic carbocycles. The smallest absolute Gasteiger partial charge is 0.243 e. The van der Waals surface area contributed by atoms with Crippen LogP contribution >= 0.6 is 7.99 Å². The fourth-order valence-corrected chi connectivity index (χ4v) is 0.758. The van der Waals surface area contributed by atoms with E-state index in [9.17, 15) is 17.3 Å². The summed E-state index contributed by atoms with van der Waals surface area (Å²) in [7, 11) is -5.66. The number of rotatable bonds is 2. The molecule has 0 aliphatic carbocycles. The third-order valence-corrected chi connectivity index (χ3v) is 0.970. The number of alkyl halides is 1. The Kier molecular flexibility index (Phi) is 2.30. The molecule has 0 rings (SSSR count). The van der Waals surface area contributed by atoms with E-state index in [0.717, 1.165) is 13.8 Å². The number of hydrogen-bond donors (Lipinski definition) is 0. The Hall–Kier alpha value is -0.0200. The lowest BCUT2D eigenvalue weighted by Crippen LogP contribution is -2.12. The van der Waals surface area contributed by atoms with Crippen LogP contribution in [0.25, 0.3) is 0 Å². The summed E-state index contributed by atoms with van der Waals surface area (Å²) < 4.78 is 47.2. The van der Waals surface area contributed by atoms with Crippen LogP contribution in [0.4, 0.5) is 12.8 Å². The Morgan fingerprint density at radius 1 is 1.44 bits per heavy atom. The zero-order valence-corrected chi connectivity index (χ0v) is 5.79. The van der Waals surface area contributed by atoms with Gasteiger partial charge < -0.3 is 0 Å². The molecule has 0 heterocycles. The lowest BCUT2D eigenvalue weighted by molar-refractivity contribution is -0.0357. The van der Waals surface area contributed by atoms with Crippen LogP contribution in [0.5, 0.6) is 0 Å². The van der Waals surface area contributed by atoms with Gasteiger partial charge in [-0.3, -0.25) is 0 Å². The lowest BCUT2D eigenvalue weighted by Gasteiger charge is -2.12. The minimum Gasteiger partial charge on any atom is -0.243 e. The maximum atomic E-state index is 12.0. The summed E-state index contributed by atoms with van der Waals surface area (Å²) in [6.45, 7) is 1.50. The third kappa shape index (κ3) is 7.98. The van der Waals surface area contributed by atoms with Gasteiger partial charge in [-0.1, -0.05) is 0 Å². The Morgan fingerprint density at radius 2 is 1.78 bits per heavy atom. The molecular weight excluding hydrogens is 156 g/mol. The molecule has 0 unspecified atom stereocenters. The molecule has 0 bridgehead atoms. The van der Waals surface area contributed by atoms with Crippen molar-refractivity contribution in [2.45, 2.75) is 19.7 Å². The Balaban J connectivity index is 3.90. The summed E-state index contributed by atoms with van der Waals surface area (Å²) in [6, 6.07) is 0. The van der Waals surface area contributed by atoms with E-state index in [0.29, 0.717) is 0 Å². The van der Waals surface area contributed by atoms with Crippen LogP contribution in [0.15, 0.2) is 0 Å². The first-order chi connectivity index (χ1) is 3.71. The van der Waals surface area contributed by atoms with Crippen LogP contribution in [-0.2, 0) is 9.09 Å². The molecule has 0 aliphatic rings. The van der Waals surface area contributed by atoms with Crippen LogP contribution in [0.1, 0.15) is 13.8 Å². The number of halogens is 3. The molecule has 0 N–H and O–H groups in total. The minimum absolute atomic E-state index is 0.749. The molecule has 0 radical (unpaired) electrons. The van der Waals surface area contributed by atoms with Crippen LogP contribution in [0, 0.1) is 0 Å². The molecule has 0 aliphatic heterocycles. The van der Waals surface area contributed by atoms with E-state index in [1.807, 2.05) is 0 Å². The van der Waals surface area contributed by atoms with Crippen molar-refractivity contribution in [1.29, 1.82) is 0 Å². The molecule has 0 saturated heterocycles. The highest BCUT2D eigenvalue weighted by Gasteiger charge is 2.31. The average Bonchev–Trinajstić information content (AvgIpc) is 1.14. The molecule has 0 saturated carbocycles. The van der Waals surface area contributed by atoms with Gasteiger partial charge in [-0.25, -0.2) is 13.5 Å². The van der Waals surface area contributed by atoms with Crippen molar-refractivity contribution in [3.8, 4) is 0 Å². The first kappa shape index (κ1) is 8.98. The number of hydrogen-bond acceptors (Lipinski definition) is 2. The van der Waals surface area contributed by atoms with Gasteiger partial charge in [0.2, 0.25) is 5.85 Å². The van der Waals surface area contributed by atoms with Gasteiger partial charge in [-0.2, -0.15) is 0 Å². The van der Waals surface area contributed by atoms with E-state index in [1.165, 1.54) is 0 Å². The van der Waals surface area contributed by atoms with Gasteiger partial charge in [-0.15, -0.1) is 8.39 Å². The van der Waals surface area contributed by atoms with Gasteiger partial charge in [0.05, 0.1) is 0 Å². The molecular formula is C3H6F3O2P. The van der Waals surface area contributed by atoms with Gasteiger partial charge in [0, 0.05) is 0 Å². The van der Waals surface area contributed by atoms with Gasteiger partial charge in [0.1, 0.15) is 0 Å². The summed E-state index contributed by atoms with van der Waals surface area (Å²) in [5.41, 5.74) is 0. The van der Waals surface area contributed by atoms with Crippen LogP contribution in [-0.4, -0.2) is 5.85 Å². The largest absolute Gasteiger partial charge is 0.554 e. The Bertz CT molecular complexity index is 134. The second-order valence-electron chi connectivity index (χ2n) is 1.87. The highest BCUT2D eigenvalue weighted by atomic mass is 31.2. The van der Waals surface area contributed by atoms with Crippen molar-refractivity contribution >= 4 is 7.99 Å². The Labute approximate surface area is 50.7 Å². The Morgan fingerprint density at radius 3 is 1.78 bits per heavy atom. The van der Waals surface area contributed by atoms with Crippen molar-refractivity contribution in [2.75, 3.05) is 0 Å². The van der Waals surface area contributed by atoms with Crippen molar-refractivity contribution in [3.05, 3.63) is 0 Å². The van der Waals surface area contributed by atoms with Crippen molar-refractivity contribution < 1.29 is 21.9 Å². The first-order valence-electron chi connectivity index (χ1n) is 2.10. The summed E-state index contributed by atoms with van der Waals surface area (Å²) in [5, 5.41) is 0. The molecule has 6 heteroatoms. The highest BCUT2D eigenvalue weighted by molar-refractivity contribution is 7.47. The van der Waals surface area contributed by atoms with E-state index in [-0.39, 0.29) is 0 Å². The second-order valence-corrected chi connectivity index (χ2v) is 2.88. The first-order valence-corrected chi connectivity index (χ1v) is 3.50. The molecule has 2 nitrogen and oxygen atoms in total. The van der Waals surface area contributed by atoms with Crippen LogP contribution in [0.3, 0.4) is 0 Å². The highest BCUT2D eigenvalue weighted by Crippen LogP contribution is 2.53. The quantitative estimate of drug-likeness (QED) is 0.583. The SMILES string of the molecule is CC(C)(F)OP(=O)(F)F. The predicted octanol–water partition coefficient (Wildman–Crippen LogP) is 2.76. The zero-order valence-electron chi connectivity index (χ0n) is 4.90. The van der Waals surface area contributed by atoms with Gasteiger partial charge in [-0.05, 0) is 13.8 Å². The van der Waals surface area contributed by atoms with Crippen molar-refractivity contribution in [3.63, 3.8) is 0 Å². The normalized spacial score (nSPS) is 13.9. The van der Waals surface area contributed by atoms with Crippen LogP contribution in [0.2, 0.25) is 0 Å². The van der Waals surface area contributed by atoms with Gasteiger partial charge >= 0.3 is 7.99 Å². The second kappa shape index (κ2) is 2.31. The fourth-order valence-electron chi connectivity index (χ4n) is 0.253. The molecule has 0 aromatic heterocycles. The monoisotopic (exact) mass is 162 g/mol. The molecule has 0 spiro atoms. The predicted molar refractivity (Wildman–Crippen MR) is 26.1 cm³/mol. The van der Waals surface area contributed by atoms with E-state index in [1.54, 1.807) is 0 Å². The standard InChI is InChI=1S/C3H6F3O2P/c1-3(2,4)8-9(5,6)7/h1-2H3. The molecule has 0 fully saturated rings. The minimum atomic E-state index is -5.66. The molecule has 0 amide bonds. The van der Waals surface area contributed by atoms with Gasteiger partial charge in [0.25, 0.3) is 0 Å². The summed E-state index contributed by atoms with van der Waals surface area (Å²) in [6.07, 6.45) is 0. The average molecular weight is 162 g/mol. The van der Waals surface area contributed by atoms with E-state index in [4.69, 9.17) is 0 Å². The molecule has 0 aromatic rings. The van der Waals surface area contributed by atoms with E-state index >= 15 is 0 Å². The lowest BCUT2D eigenvalue weighted by atomic mass is 10.4. The summed E-state index contributed by atoms with van der Waals surface area (Å²) >= 11 is 0. The third-order valence-electron chi connectivity index (χ3n) is 0.323. The van der Waals surface area contributed by atoms with Gasteiger partial charge in [0.15, 0.2) is 0 Å². The van der Waals surface area contributed by atoms with Crippen molar-refractivity contribution in [1.82, 2.24) is 0 Å². The fraction of sp³-hybridized carbons (Fsp3) is 1.00. The zero-order chi connectivity index (χ0) is 7.71. The summed E-state index contributed by atoms with van der Waals surface area (Å²) in [5.74, 6) is -2.53. The van der Waals surface area contributed by atoms with E-state index in [2.05, 4.69) is 4.52 Å². The summed E-state index contributed by atoms with van der Waals surface area (Å²) in [4.78, 5) is 0. The maximum absolute atomic E-state index is 12.0. The molecule has 56 valence electrons. The van der Waals surface area contributed by atoms with Crippen molar-refractivity contribution in [2.24, 2.45) is 0 Å². The van der Waals surface area contributed by atoms with E-state index < -0.39 is 13.8 Å². The van der Waals surface area contributed by atoms with Crippen LogP contribution < -0.4 is 0 Å². The molecule has 9 heavy (non-hydrogen) atoms.